The number of aliphatic hydroxyl groups excluding tert-OH is 1. The molecular weight excluding hydrogens is 280 g/mol. The molecule has 0 heterocycles. The number of anilines is 1. The maximum atomic E-state index is 11.8. The van der Waals surface area contributed by atoms with Crippen LogP contribution in [0.15, 0.2) is 23.1 Å². The molecule has 0 radical (unpaired) electrons. The van der Waals surface area contributed by atoms with Crippen molar-refractivity contribution in [1.82, 2.24) is 4.72 Å². The Balaban J connectivity index is 2.60. The highest BCUT2D eigenvalue weighted by molar-refractivity contribution is 7.89. The highest BCUT2D eigenvalue weighted by Crippen LogP contribution is 2.21. The van der Waals surface area contributed by atoms with Crippen molar-refractivity contribution in [2.75, 3.05) is 32.1 Å². The number of aliphatic hydroxyl groups is 1. The van der Waals surface area contributed by atoms with E-state index in [9.17, 15) is 8.42 Å². The van der Waals surface area contributed by atoms with Gasteiger partial charge in [0.2, 0.25) is 10.0 Å². The van der Waals surface area contributed by atoms with Crippen molar-refractivity contribution < 1.29 is 18.3 Å². The smallest absolute Gasteiger partial charge is 0.240 e. The van der Waals surface area contributed by atoms with Gasteiger partial charge in [0.15, 0.2) is 0 Å². The predicted molar refractivity (Wildman–Crippen MR) is 69.0 cm³/mol. The second kappa shape index (κ2) is 6.91. The molecule has 0 aliphatic heterocycles. The van der Waals surface area contributed by atoms with E-state index in [-0.39, 0.29) is 36.9 Å². The largest absolute Gasteiger partial charge is 0.397 e. The molecule has 0 aromatic heterocycles. The van der Waals surface area contributed by atoms with Gasteiger partial charge in [-0.1, -0.05) is 11.6 Å². The number of hydrogen-bond acceptors (Lipinski definition) is 5. The molecule has 0 amide bonds. The molecule has 0 saturated carbocycles. The molecule has 4 N–H and O–H groups in total. The number of nitrogens with one attached hydrogen (secondary N) is 1. The molecule has 0 saturated heterocycles. The van der Waals surface area contributed by atoms with Gasteiger partial charge in [-0.2, -0.15) is 0 Å². The lowest BCUT2D eigenvalue weighted by atomic mass is 10.3. The number of nitrogens with two attached hydrogens (primary N) is 1. The van der Waals surface area contributed by atoms with Crippen molar-refractivity contribution in [2.45, 2.75) is 4.90 Å². The first-order chi connectivity index (χ1) is 8.47. The average molecular weight is 295 g/mol. The highest BCUT2D eigenvalue weighted by Gasteiger charge is 2.14. The Morgan fingerprint density at radius 2 is 2.11 bits per heavy atom. The molecular formula is C10H15ClN2O4S. The lowest BCUT2D eigenvalue weighted by Crippen LogP contribution is -2.27. The van der Waals surface area contributed by atoms with Crippen LogP contribution in [-0.2, 0) is 14.8 Å². The van der Waals surface area contributed by atoms with E-state index in [0.29, 0.717) is 5.02 Å². The van der Waals surface area contributed by atoms with Crippen LogP contribution in [0.1, 0.15) is 0 Å². The third-order valence-corrected chi connectivity index (χ3v) is 3.85. The molecule has 0 aliphatic rings. The fraction of sp³-hybridized carbons (Fsp3) is 0.400. The zero-order valence-electron chi connectivity index (χ0n) is 9.60. The summed E-state index contributed by atoms with van der Waals surface area (Å²) in [7, 11) is -3.62. The van der Waals surface area contributed by atoms with E-state index in [1.165, 1.54) is 18.2 Å². The Hall–Kier alpha value is -0.860. The summed E-state index contributed by atoms with van der Waals surface area (Å²) in [5, 5.41) is 8.78. The number of hydrogen-bond donors (Lipinski definition) is 3. The number of benzene rings is 1. The second-order valence-corrected chi connectivity index (χ2v) is 5.59. The van der Waals surface area contributed by atoms with Gasteiger partial charge < -0.3 is 15.6 Å². The van der Waals surface area contributed by atoms with Crippen molar-refractivity contribution in [3.05, 3.63) is 23.2 Å². The summed E-state index contributed by atoms with van der Waals surface area (Å²) >= 11 is 5.71. The Morgan fingerprint density at radius 1 is 1.39 bits per heavy atom. The van der Waals surface area contributed by atoms with Gasteiger partial charge in [0.25, 0.3) is 0 Å². The molecule has 1 rings (SSSR count). The second-order valence-electron chi connectivity index (χ2n) is 3.42. The summed E-state index contributed by atoms with van der Waals surface area (Å²) in [4.78, 5) is 0.0477. The minimum atomic E-state index is -3.62. The topological polar surface area (TPSA) is 102 Å². The Kier molecular flexibility index (Phi) is 5.83. The first-order valence-corrected chi connectivity index (χ1v) is 7.07. The molecule has 18 heavy (non-hydrogen) atoms. The van der Waals surface area contributed by atoms with E-state index in [0.717, 1.165) is 0 Å². The number of rotatable bonds is 7. The first kappa shape index (κ1) is 15.2. The van der Waals surface area contributed by atoms with Crippen LogP contribution in [0.3, 0.4) is 0 Å². The molecule has 102 valence electrons. The van der Waals surface area contributed by atoms with Crippen molar-refractivity contribution in [1.29, 1.82) is 0 Å². The summed E-state index contributed by atoms with van der Waals surface area (Å²) in [5.74, 6) is 0. The zero-order chi connectivity index (χ0) is 13.6. The average Bonchev–Trinajstić information content (AvgIpc) is 2.32. The first-order valence-electron chi connectivity index (χ1n) is 5.20. The third-order valence-electron chi connectivity index (χ3n) is 2.05. The molecule has 0 fully saturated rings. The zero-order valence-corrected chi connectivity index (χ0v) is 11.2. The molecule has 0 aliphatic carbocycles. The van der Waals surface area contributed by atoms with Gasteiger partial charge in [0.05, 0.1) is 35.4 Å². The fourth-order valence-corrected chi connectivity index (χ4v) is 2.35. The van der Waals surface area contributed by atoms with E-state index >= 15 is 0 Å². The van der Waals surface area contributed by atoms with Crippen LogP contribution >= 0.6 is 11.6 Å². The van der Waals surface area contributed by atoms with Crippen LogP contribution < -0.4 is 10.5 Å². The number of ether oxygens (including phenoxy) is 1. The fourth-order valence-electron chi connectivity index (χ4n) is 1.19. The normalized spacial score (nSPS) is 11.7. The Labute approximate surface area is 111 Å². The van der Waals surface area contributed by atoms with E-state index < -0.39 is 10.0 Å². The number of sulfonamides is 1. The maximum Gasteiger partial charge on any atom is 0.240 e. The van der Waals surface area contributed by atoms with Gasteiger partial charge in [-0.25, -0.2) is 13.1 Å². The molecule has 1 aromatic rings. The maximum absolute atomic E-state index is 11.8. The molecule has 0 unspecified atom stereocenters. The molecule has 0 atom stereocenters. The number of nitrogen functional groups attached to an aromatic ring is 1. The van der Waals surface area contributed by atoms with Gasteiger partial charge >= 0.3 is 0 Å². The van der Waals surface area contributed by atoms with Gasteiger partial charge in [-0.05, 0) is 18.2 Å². The van der Waals surface area contributed by atoms with Crippen molar-refractivity contribution >= 4 is 27.3 Å². The third kappa shape index (κ3) is 4.43. The van der Waals surface area contributed by atoms with Crippen molar-refractivity contribution in [2.24, 2.45) is 0 Å². The minimum Gasteiger partial charge on any atom is -0.397 e. The summed E-state index contributed by atoms with van der Waals surface area (Å²) < 4.78 is 30.9. The highest BCUT2D eigenvalue weighted by atomic mass is 35.5. The Bertz CT molecular complexity index is 493. The molecule has 0 bridgehead atoms. The molecule has 1 aromatic carbocycles. The standard InChI is InChI=1S/C10H15ClN2O4S/c11-9-2-1-8(7-10(9)12)18(15,16)13-3-5-17-6-4-14/h1-2,7,13-14H,3-6,12H2. The van der Waals surface area contributed by atoms with Crippen LogP contribution in [0.2, 0.25) is 5.02 Å². The van der Waals surface area contributed by atoms with E-state index in [4.69, 9.17) is 27.2 Å². The van der Waals surface area contributed by atoms with Crippen LogP contribution in [0, 0.1) is 0 Å². The van der Waals surface area contributed by atoms with Crippen molar-refractivity contribution in [3.8, 4) is 0 Å². The van der Waals surface area contributed by atoms with Gasteiger partial charge in [-0.3, -0.25) is 0 Å². The van der Waals surface area contributed by atoms with Gasteiger partial charge in [-0.15, -0.1) is 0 Å². The lowest BCUT2D eigenvalue weighted by molar-refractivity contribution is 0.0961. The van der Waals surface area contributed by atoms with Gasteiger partial charge in [0.1, 0.15) is 0 Å². The predicted octanol–water partition coefficient (Wildman–Crippen LogP) is 0.209. The summed E-state index contributed by atoms with van der Waals surface area (Å²) in [6, 6.07) is 4.09. The summed E-state index contributed by atoms with van der Waals surface area (Å²) in [5.41, 5.74) is 5.74. The van der Waals surface area contributed by atoms with Gasteiger partial charge in [0, 0.05) is 6.54 Å². The number of halogens is 1. The monoisotopic (exact) mass is 294 g/mol. The van der Waals surface area contributed by atoms with E-state index in [2.05, 4.69) is 4.72 Å². The Morgan fingerprint density at radius 3 is 2.72 bits per heavy atom. The summed E-state index contributed by atoms with van der Waals surface area (Å²) in [6.45, 7) is 0.379. The lowest BCUT2D eigenvalue weighted by Gasteiger charge is -2.08. The molecule has 6 nitrogen and oxygen atoms in total. The quantitative estimate of drug-likeness (QED) is 0.493. The van der Waals surface area contributed by atoms with Crippen LogP contribution in [0.4, 0.5) is 5.69 Å². The van der Waals surface area contributed by atoms with Crippen LogP contribution in [-0.4, -0.2) is 39.9 Å². The van der Waals surface area contributed by atoms with E-state index in [1.54, 1.807) is 0 Å². The molecule has 8 heteroatoms. The van der Waals surface area contributed by atoms with Crippen LogP contribution in [0.5, 0.6) is 0 Å². The van der Waals surface area contributed by atoms with Crippen LogP contribution in [0.25, 0.3) is 0 Å². The minimum absolute atomic E-state index is 0.0477. The molecule has 0 spiro atoms. The van der Waals surface area contributed by atoms with E-state index in [1.807, 2.05) is 0 Å². The van der Waals surface area contributed by atoms with Crippen molar-refractivity contribution in [3.63, 3.8) is 0 Å². The summed E-state index contributed by atoms with van der Waals surface area (Å²) in [6.07, 6.45) is 0. The SMILES string of the molecule is Nc1cc(S(=O)(=O)NCCOCCO)ccc1Cl.